The third-order valence-corrected chi connectivity index (χ3v) is 2.74. The van der Waals surface area contributed by atoms with Gasteiger partial charge in [0.15, 0.2) is 5.84 Å². The maximum atomic E-state index is 8.69. The van der Waals surface area contributed by atoms with Crippen LogP contribution < -0.4 is 15.8 Å². The second-order valence-corrected chi connectivity index (χ2v) is 4.49. The van der Waals surface area contributed by atoms with Crippen molar-refractivity contribution >= 4 is 5.84 Å². The van der Waals surface area contributed by atoms with Gasteiger partial charge >= 0.3 is 0 Å². The summed E-state index contributed by atoms with van der Waals surface area (Å²) in [5.41, 5.74) is 7.23. The number of hydrogen-bond donors (Lipinski definition) is 3. The van der Waals surface area contributed by atoms with Crippen molar-refractivity contribution in [3.63, 3.8) is 0 Å². The molecule has 1 aromatic rings. The van der Waals surface area contributed by atoms with Gasteiger partial charge in [0.25, 0.3) is 0 Å². The predicted octanol–water partition coefficient (Wildman–Crippen LogP) is 0.441. The first kappa shape index (κ1) is 15.3. The van der Waals surface area contributed by atoms with Gasteiger partial charge < -0.3 is 25.9 Å². The average Bonchev–Trinajstić information content (AvgIpc) is 2.42. The van der Waals surface area contributed by atoms with Crippen LogP contribution in [-0.4, -0.2) is 50.2 Å². The summed E-state index contributed by atoms with van der Waals surface area (Å²) in [5.74, 6) is 0.879. The fourth-order valence-corrected chi connectivity index (χ4v) is 1.66. The van der Waals surface area contributed by atoms with Gasteiger partial charge in [0, 0.05) is 30.8 Å². The number of benzene rings is 1. The minimum Gasteiger partial charge on any atom is -0.496 e. The first-order valence-corrected chi connectivity index (χ1v) is 6.08. The van der Waals surface area contributed by atoms with E-state index < -0.39 is 0 Å². The molecule has 0 aliphatic heterocycles. The van der Waals surface area contributed by atoms with Crippen LogP contribution in [0.25, 0.3) is 0 Å². The van der Waals surface area contributed by atoms with Crippen LogP contribution in [0.2, 0.25) is 0 Å². The van der Waals surface area contributed by atoms with Crippen molar-refractivity contribution in [2.45, 2.75) is 6.54 Å². The summed E-state index contributed by atoms with van der Waals surface area (Å²) < 4.78 is 5.30. The maximum Gasteiger partial charge on any atom is 0.170 e. The molecule has 4 N–H and O–H groups in total. The average molecular weight is 266 g/mol. The maximum absolute atomic E-state index is 8.69. The monoisotopic (exact) mass is 266 g/mol. The SMILES string of the molecule is COc1ccc(/C(N)=N/O)cc1CNCCN(C)C. The van der Waals surface area contributed by atoms with Crippen molar-refractivity contribution in [3.05, 3.63) is 29.3 Å². The lowest BCUT2D eigenvalue weighted by Gasteiger charge is -2.13. The lowest BCUT2D eigenvalue weighted by molar-refractivity contribution is 0.318. The zero-order chi connectivity index (χ0) is 14.3. The van der Waals surface area contributed by atoms with Crippen LogP contribution in [0.3, 0.4) is 0 Å². The third kappa shape index (κ3) is 4.76. The second kappa shape index (κ2) is 7.60. The molecular weight excluding hydrogens is 244 g/mol. The Morgan fingerprint density at radius 1 is 1.47 bits per heavy atom. The van der Waals surface area contributed by atoms with Crippen molar-refractivity contribution < 1.29 is 9.94 Å². The fraction of sp³-hybridized carbons (Fsp3) is 0.462. The zero-order valence-electron chi connectivity index (χ0n) is 11.7. The Kier molecular flexibility index (Phi) is 6.11. The van der Waals surface area contributed by atoms with Gasteiger partial charge in [0.1, 0.15) is 5.75 Å². The highest BCUT2D eigenvalue weighted by molar-refractivity contribution is 5.97. The molecule has 0 saturated heterocycles. The Morgan fingerprint density at radius 2 is 2.21 bits per heavy atom. The normalized spacial score (nSPS) is 11.9. The van der Waals surface area contributed by atoms with E-state index in [1.165, 1.54) is 0 Å². The van der Waals surface area contributed by atoms with E-state index in [0.29, 0.717) is 12.1 Å². The largest absolute Gasteiger partial charge is 0.496 e. The van der Waals surface area contributed by atoms with Crippen molar-refractivity contribution in [2.75, 3.05) is 34.3 Å². The Balaban J connectivity index is 2.73. The molecule has 0 aliphatic carbocycles. The minimum atomic E-state index is 0.0946. The second-order valence-electron chi connectivity index (χ2n) is 4.49. The van der Waals surface area contributed by atoms with Crippen molar-refractivity contribution in [1.29, 1.82) is 0 Å². The van der Waals surface area contributed by atoms with E-state index in [1.807, 2.05) is 26.2 Å². The number of nitrogens with zero attached hydrogens (tertiary/aromatic N) is 2. The minimum absolute atomic E-state index is 0.0946. The van der Waals surface area contributed by atoms with Gasteiger partial charge in [0.2, 0.25) is 0 Å². The Labute approximate surface area is 113 Å². The highest BCUT2D eigenvalue weighted by Gasteiger charge is 2.07. The number of nitrogens with two attached hydrogens (primary N) is 1. The molecule has 0 spiro atoms. The lowest BCUT2D eigenvalue weighted by atomic mass is 10.1. The Bertz CT molecular complexity index is 433. The highest BCUT2D eigenvalue weighted by atomic mass is 16.5. The number of amidine groups is 1. The van der Waals surface area contributed by atoms with Crippen molar-refractivity contribution in [1.82, 2.24) is 10.2 Å². The summed E-state index contributed by atoms with van der Waals surface area (Å²) in [6, 6.07) is 5.43. The van der Waals surface area contributed by atoms with E-state index in [-0.39, 0.29) is 5.84 Å². The van der Waals surface area contributed by atoms with Crippen LogP contribution in [0.4, 0.5) is 0 Å². The van der Waals surface area contributed by atoms with Crippen LogP contribution in [0.1, 0.15) is 11.1 Å². The number of likely N-dealkylation sites (N-methyl/N-ethyl adjacent to an activating group) is 1. The first-order valence-electron chi connectivity index (χ1n) is 6.08. The standard InChI is InChI=1S/C13H22N4O2/c1-17(2)7-6-15-9-11-8-10(13(14)16-18)4-5-12(11)19-3/h4-5,8,15,18H,6-7,9H2,1-3H3,(H2,14,16). The predicted molar refractivity (Wildman–Crippen MR) is 75.8 cm³/mol. The molecule has 0 saturated carbocycles. The lowest BCUT2D eigenvalue weighted by Crippen LogP contribution is -2.26. The summed E-state index contributed by atoms with van der Waals surface area (Å²) in [5, 5.41) is 15.0. The van der Waals surface area contributed by atoms with E-state index >= 15 is 0 Å². The molecule has 1 aromatic carbocycles. The van der Waals surface area contributed by atoms with Crippen molar-refractivity contribution in [3.8, 4) is 5.75 Å². The summed E-state index contributed by atoms with van der Waals surface area (Å²) in [7, 11) is 5.68. The molecule has 6 heteroatoms. The molecule has 0 bridgehead atoms. The number of oxime groups is 1. The molecule has 0 aromatic heterocycles. The topological polar surface area (TPSA) is 83.1 Å². The first-order chi connectivity index (χ1) is 9.08. The number of rotatable bonds is 7. The third-order valence-electron chi connectivity index (χ3n) is 2.74. The van der Waals surface area contributed by atoms with Gasteiger partial charge in [-0.25, -0.2) is 0 Å². The molecule has 6 nitrogen and oxygen atoms in total. The molecular formula is C13H22N4O2. The molecule has 19 heavy (non-hydrogen) atoms. The van der Waals surface area contributed by atoms with E-state index in [4.69, 9.17) is 15.7 Å². The molecule has 0 aliphatic rings. The van der Waals surface area contributed by atoms with Gasteiger partial charge in [-0.1, -0.05) is 5.16 Å². The quantitative estimate of drug-likeness (QED) is 0.219. The van der Waals surface area contributed by atoms with Gasteiger partial charge in [-0.15, -0.1) is 0 Å². The van der Waals surface area contributed by atoms with Crippen LogP contribution in [0.5, 0.6) is 5.75 Å². The molecule has 0 heterocycles. The van der Waals surface area contributed by atoms with Gasteiger partial charge in [0.05, 0.1) is 7.11 Å². The summed E-state index contributed by atoms with van der Waals surface area (Å²) in [4.78, 5) is 2.11. The molecule has 0 radical (unpaired) electrons. The van der Waals surface area contributed by atoms with E-state index in [9.17, 15) is 0 Å². The summed E-state index contributed by atoms with van der Waals surface area (Å²) in [6.45, 7) is 2.51. The highest BCUT2D eigenvalue weighted by Crippen LogP contribution is 2.19. The molecule has 0 amide bonds. The van der Waals surface area contributed by atoms with E-state index in [2.05, 4.69) is 15.4 Å². The Morgan fingerprint density at radius 3 is 2.79 bits per heavy atom. The summed E-state index contributed by atoms with van der Waals surface area (Å²) in [6.07, 6.45) is 0. The van der Waals surface area contributed by atoms with E-state index in [0.717, 1.165) is 24.4 Å². The fourth-order valence-electron chi connectivity index (χ4n) is 1.66. The molecule has 0 fully saturated rings. The van der Waals surface area contributed by atoms with Crippen LogP contribution in [0, 0.1) is 0 Å². The summed E-state index contributed by atoms with van der Waals surface area (Å²) >= 11 is 0. The number of hydrogen-bond acceptors (Lipinski definition) is 5. The molecule has 0 atom stereocenters. The van der Waals surface area contributed by atoms with E-state index in [1.54, 1.807) is 13.2 Å². The van der Waals surface area contributed by atoms with Crippen LogP contribution >= 0.6 is 0 Å². The zero-order valence-corrected chi connectivity index (χ0v) is 11.7. The van der Waals surface area contributed by atoms with Crippen LogP contribution in [0.15, 0.2) is 23.4 Å². The molecule has 0 unspecified atom stereocenters. The van der Waals surface area contributed by atoms with Crippen LogP contribution in [-0.2, 0) is 6.54 Å². The van der Waals surface area contributed by atoms with Gasteiger partial charge in [-0.3, -0.25) is 0 Å². The molecule has 106 valence electrons. The van der Waals surface area contributed by atoms with Crippen molar-refractivity contribution in [2.24, 2.45) is 10.9 Å². The number of nitrogens with one attached hydrogen (secondary N) is 1. The smallest absolute Gasteiger partial charge is 0.170 e. The van der Waals surface area contributed by atoms with Gasteiger partial charge in [-0.05, 0) is 32.3 Å². The number of ether oxygens (including phenoxy) is 1. The molecule has 1 rings (SSSR count). The van der Waals surface area contributed by atoms with Gasteiger partial charge in [-0.2, -0.15) is 0 Å². The number of methoxy groups -OCH3 is 1. The Hall–Kier alpha value is -1.79.